The summed E-state index contributed by atoms with van der Waals surface area (Å²) in [5, 5.41) is 13.7. The van der Waals surface area contributed by atoms with E-state index in [1.807, 2.05) is 27.2 Å². The van der Waals surface area contributed by atoms with Crippen molar-refractivity contribution in [2.45, 2.75) is 212 Å². The van der Waals surface area contributed by atoms with Crippen LogP contribution in [0.1, 0.15) is 200 Å². The Morgan fingerprint density at radius 2 is 1.06 bits per heavy atom. The normalized spacial score (nSPS) is 14.6. The van der Waals surface area contributed by atoms with Crippen molar-refractivity contribution in [1.29, 1.82) is 0 Å². The molecule has 3 unspecified atom stereocenters. The van der Waals surface area contributed by atoms with Crippen LogP contribution in [0.5, 0.6) is 0 Å². The summed E-state index contributed by atoms with van der Waals surface area (Å²) in [6.45, 7) is 4.64. The lowest BCUT2D eigenvalue weighted by Gasteiger charge is -2.29. The molecular formula is C42H85N2O6P. The third-order valence-corrected chi connectivity index (χ3v) is 10.7. The number of amides is 1. The zero-order valence-electron chi connectivity index (χ0n) is 34.3. The minimum Gasteiger partial charge on any atom is -0.756 e. The number of likely N-dealkylation sites (N-methyl/N-ethyl adjacent to an activating group) is 1. The van der Waals surface area contributed by atoms with Crippen LogP contribution in [-0.4, -0.2) is 68.5 Å². The average Bonchev–Trinajstić information content (AvgIpc) is 3.07. The number of nitrogens with one attached hydrogen (secondary N) is 1. The SMILES string of the molecule is CCCCCCCCCCC/C=C/C(O)C(COP(=O)([O-])OCC[N+](C)(C)C)NC(=O)CCCCCCCCCCCCCCCCCCCC. The first-order valence-electron chi connectivity index (χ1n) is 21.6. The minimum atomic E-state index is -4.58. The number of phosphoric ester groups is 1. The van der Waals surface area contributed by atoms with Gasteiger partial charge in [0.05, 0.1) is 39.9 Å². The summed E-state index contributed by atoms with van der Waals surface area (Å²) in [6.07, 6.45) is 38.2. The monoisotopic (exact) mass is 745 g/mol. The van der Waals surface area contributed by atoms with E-state index in [1.165, 1.54) is 141 Å². The van der Waals surface area contributed by atoms with Crippen molar-refractivity contribution >= 4 is 13.7 Å². The Morgan fingerprint density at radius 1 is 0.667 bits per heavy atom. The smallest absolute Gasteiger partial charge is 0.268 e. The summed E-state index contributed by atoms with van der Waals surface area (Å²) < 4.78 is 23.1. The maximum absolute atomic E-state index is 12.8. The number of aliphatic hydroxyl groups is 1. The predicted octanol–water partition coefficient (Wildman–Crippen LogP) is 10.9. The van der Waals surface area contributed by atoms with Gasteiger partial charge in [-0.25, -0.2) is 0 Å². The van der Waals surface area contributed by atoms with Gasteiger partial charge in [0.2, 0.25) is 5.91 Å². The van der Waals surface area contributed by atoms with Crippen molar-refractivity contribution in [2.24, 2.45) is 0 Å². The molecule has 0 spiro atoms. The minimum absolute atomic E-state index is 0.00184. The van der Waals surface area contributed by atoms with E-state index in [-0.39, 0.29) is 19.1 Å². The van der Waals surface area contributed by atoms with Gasteiger partial charge in [-0.15, -0.1) is 0 Å². The molecule has 0 aliphatic carbocycles. The van der Waals surface area contributed by atoms with Crippen LogP contribution in [-0.2, 0) is 18.4 Å². The molecule has 0 aliphatic rings. The summed E-state index contributed by atoms with van der Waals surface area (Å²) in [5.41, 5.74) is 0. The summed E-state index contributed by atoms with van der Waals surface area (Å²) in [4.78, 5) is 25.2. The van der Waals surface area contributed by atoms with Crippen LogP contribution in [0.3, 0.4) is 0 Å². The summed E-state index contributed by atoms with van der Waals surface area (Å²) in [6, 6.07) is -0.878. The molecular weight excluding hydrogens is 659 g/mol. The van der Waals surface area contributed by atoms with E-state index >= 15 is 0 Å². The molecule has 3 atom stereocenters. The van der Waals surface area contributed by atoms with Gasteiger partial charge in [-0.1, -0.05) is 187 Å². The van der Waals surface area contributed by atoms with E-state index in [9.17, 15) is 19.4 Å². The van der Waals surface area contributed by atoms with E-state index in [0.717, 1.165) is 38.5 Å². The lowest BCUT2D eigenvalue weighted by Crippen LogP contribution is -2.45. The molecule has 0 aromatic heterocycles. The molecule has 0 saturated carbocycles. The standard InChI is InChI=1S/C42H85N2O6P/c1-6-8-10-12-14-16-18-19-20-21-22-23-24-26-28-30-32-34-36-42(46)43-40(39-50-51(47,48)49-38-37-44(3,4)5)41(45)35-33-31-29-27-25-17-15-13-11-9-7-2/h33,35,40-41,45H,6-32,34,36-39H2,1-5H3,(H-,43,46,47,48)/b35-33+. The quantitative estimate of drug-likeness (QED) is 0.0281. The lowest BCUT2D eigenvalue weighted by molar-refractivity contribution is -0.870. The van der Waals surface area contributed by atoms with E-state index < -0.39 is 20.0 Å². The average molecular weight is 745 g/mol. The van der Waals surface area contributed by atoms with Crippen molar-refractivity contribution in [3.05, 3.63) is 12.2 Å². The Kier molecular flexibility index (Phi) is 34.5. The van der Waals surface area contributed by atoms with Crippen molar-refractivity contribution in [1.82, 2.24) is 5.32 Å². The molecule has 0 aromatic rings. The van der Waals surface area contributed by atoms with E-state index in [2.05, 4.69) is 19.2 Å². The lowest BCUT2D eigenvalue weighted by atomic mass is 10.0. The number of carbonyl (C=O) groups is 1. The third kappa shape index (κ3) is 37.4. The van der Waals surface area contributed by atoms with Gasteiger partial charge in [-0.2, -0.15) is 0 Å². The number of carbonyl (C=O) groups excluding carboxylic acids is 1. The first-order valence-corrected chi connectivity index (χ1v) is 23.0. The molecule has 2 N–H and O–H groups in total. The maximum Gasteiger partial charge on any atom is 0.268 e. The van der Waals surface area contributed by atoms with E-state index in [1.54, 1.807) is 6.08 Å². The Morgan fingerprint density at radius 3 is 1.47 bits per heavy atom. The Labute approximate surface area is 316 Å². The second-order valence-electron chi connectivity index (χ2n) is 16.1. The van der Waals surface area contributed by atoms with Crippen molar-refractivity contribution in [2.75, 3.05) is 40.9 Å². The molecule has 0 radical (unpaired) electrons. The molecule has 0 saturated heterocycles. The highest BCUT2D eigenvalue weighted by molar-refractivity contribution is 7.45. The van der Waals surface area contributed by atoms with Crippen LogP contribution < -0.4 is 10.2 Å². The van der Waals surface area contributed by atoms with E-state index in [0.29, 0.717) is 17.4 Å². The molecule has 51 heavy (non-hydrogen) atoms. The molecule has 0 aliphatic heterocycles. The zero-order chi connectivity index (χ0) is 37.9. The highest BCUT2D eigenvalue weighted by atomic mass is 31.2. The van der Waals surface area contributed by atoms with Crippen LogP contribution in [0.2, 0.25) is 0 Å². The number of allylic oxidation sites excluding steroid dienone is 1. The number of hydrogen-bond acceptors (Lipinski definition) is 6. The van der Waals surface area contributed by atoms with Gasteiger partial charge in [0, 0.05) is 6.42 Å². The summed E-state index contributed by atoms with van der Waals surface area (Å²) >= 11 is 0. The number of nitrogens with zero attached hydrogens (tertiary/aromatic N) is 1. The van der Waals surface area contributed by atoms with Crippen LogP contribution in [0.4, 0.5) is 0 Å². The first-order chi connectivity index (χ1) is 24.5. The molecule has 0 bridgehead atoms. The van der Waals surface area contributed by atoms with Crippen LogP contribution in [0.25, 0.3) is 0 Å². The van der Waals surface area contributed by atoms with Gasteiger partial charge in [-0.3, -0.25) is 9.36 Å². The Balaban J connectivity index is 4.35. The van der Waals surface area contributed by atoms with E-state index in [4.69, 9.17) is 9.05 Å². The van der Waals surface area contributed by atoms with Crippen LogP contribution >= 0.6 is 7.82 Å². The molecule has 9 heteroatoms. The number of quaternary nitrogens is 1. The van der Waals surface area contributed by atoms with Crippen molar-refractivity contribution < 1.29 is 32.9 Å². The molecule has 304 valence electrons. The van der Waals surface area contributed by atoms with Gasteiger partial charge >= 0.3 is 0 Å². The highest BCUT2D eigenvalue weighted by Gasteiger charge is 2.23. The molecule has 0 fully saturated rings. The topological polar surface area (TPSA) is 108 Å². The Hall–Kier alpha value is -0.760. The number of aliphatic hydroxyl groups excluding tert-OH is 1. The largest absolute Gasteiger partial charge is 0.756 e. The Bertz CT molecular complexity index is 850. The van der Waals surface area contributed by atoms with Crippen molar-refractivity contribution in [3.63, 3.8) is 0 Å². The van der Waals surface area contributed by atoms with Gasteiger partial charge < -0.3 is 28.8 Å². The second kappa shape index (κ2) is 35.0. The zero-order valence-corrected chi connectivity index (χ0v) is 35.2. The fourth-order valence-electron chi connectivity index (χ4n) is 6.27. The van der Waals surface area contributed by atoms with Crippen LogP contribution in [0.15, 0.2) is 12.2 Å². The predicted molar refractivity (Wildman–Crippen MR) is 215 cm³/mol. The number of phosphoric acid groups is 1. The first kappa shape index (κ1) is 50.2. The molecule has 1 amide bonds. The van der Waals surface area contributed by atoms with Gasteiger partial charge in [-0.05, 0) is 19.3 Å². The maximum atomic E-state index is 12.8. The molecule has 8 nitrogen and oxygen atoms in total. The molecule has 0 heterocycles. The number of unbranched alkanes of at least 4 members (excludes halogenated alkanes) is 26. The van der Waals surface area contributed by atoms with Gasteiger partial charge in [0.25, 0.3) is 7.82 Å². The number of hydrogen-bond donors (Lipinski definition) is 2. The fourth-order valence-corrected chi connectivity index (χ4v) is 6.99. The highest BCUT2D eigenvalue weighted by Crippen LogP contribution is 2.38. The third-order valence-electron chi connectivity index (χ3n) is 9.75. The van der Waals surface area contributed by atoms with Crippen molar-refractivity contribution in [3.8, 4) is 0 Å². The molecule has 0 aromatic carbocycles. The van der Waals surface area contributed by atoms with Crippen LogP contribution in [0, 0.1) is 0 Å². The van der Waals surface area contributed by atoms with Gasteiger partial charge in [0.1, 0.15) is 13.2 Å². The number of rotatable bonds is 39. The van der Waals surface area contributed by atoms with Gasteiger partial charge in [0.15, 0.2) is 0 Å². The fraction of sp³-hybridized carbons (Fsp3) is 0.929. The molecule has 0 rings (SSSR count). The summed E-state index contributed by atoms with van der Waals surface area (Å²) in [7, 11) is 1.27. The second-order valence-corrected chi connectivity index (χ2v) is 17.5. The summed E-state index contributed by atoms with van der Waals surface area (Å²) in [5.74, 6) is -0.196.